The Morgan fingerprint density at radius 3 is 3.09 bits per heavy atom. The summed E-state index contributed by atoms with van der Waals surface area (Å²) in [7, 11) is 0. The monoisotopic (exact) mass is 307 g/mol. The molecule has 0 fully saturated rings. The maximum absolute atomic E-state index is 11.0. The highest BCUT2D eigenvalue weighted by Crippen LogP contribution is 2.32. The molecule has 3 aromatic rings. The van der Waals surface area contributed by atoms with E-state index in [1.807, 2.05) is 31.3 Å². The molecule has 0 saturated carbocycles. The number of amides is 1. The number of nitrogens with one attached hydrogen (secondary N) is 1. The van der Waals surface area contributed by atoms with E-state index in [-0.39, 0.29) is 0 Å². The number of hydrogen-bond acceptors (Lipinski definition) is 3. The smallest absolute Gasteiger partial charge is 0.210 e. The minimum Gasteiger partial charge on any atom is -0.457 e. The third kappa shape index (κ3) is 2.44. The molecule has 1 aromatic carbocycles. The fourth-order valence-corrected chi connectivity index (χ4v) is 3.10. The van der Waals surface area contributed by atoms with Crippen molar-refractivity contribution in [2.75, 3.05) is 6.54 Å². The molecule has 5 heteroatoms. The molecule has 1 amide bonds. The number of rotatable bonds is 3. The number of carbonyl (C=O) groups excluding carboxylic acids is 1. The Hall–Kier alpha value is -2.82. The first-order chi connectivity index (χ1) is 11.2. The lowest BCUT2D eigenvalue weighted by Gasteiger charge is -2.25. The zero-order valence-electron chi connectivity index (χ0n) is 12.9. The van der Waals surface area contributed by atoms with Gasteiger partial charge in [0.2, 0.25) is 6.41 Å². The third-order valence-electron chi connectivity index (χ3n) is 4.33. The second-order valence-corrected chi connectivity index (χ2v) is 5.86. The van der Waals surface area contributed by atoms with Crippen molar-refractivity contribution in [1.29, 1.82) is 0 Å². The minimum absolute atomic E-state index is 0.644. The predicted octanol–water partition coefficient (Wildman–Crippen LogP) is 3.18. The van der Waals surface area contributed by atoms with Crippen molar-refractivity contribution in [1.82, 2.24) is 14.9 Å². The Balaban J connectivity index is 1.69. The lowest BCUT2D eigenvalue weighted by atomic mass is 10.00. The van der Waals surface area contributed by atoms with E-state index in [0.29, 0.717) is 6.54 Å². The topological polar surface area (TPSA) is 58.2 Å². The van der Waals surface area contributed by atoms with E-state index in [1.54, 1.807) is 11.1 Å². The van der Waals surface area contributed by atoms with E-state index >= 15 is 0 Å². The summed E-state index contributed by atoms with van der Waals surface area (Å²) in [5, 5.41) is 1.000. The van der Waals surface area contributed by atoms with Gasteiger partial charge in [-0.05, 0) is 48.2 Å². The summed E-state index contributed by atoms with van der Waals surface area (Å²) in [5.41, 5.74) is 4.36. The van der Waals surface area contributed by atoms with Gasteiger partial charge in [-0.3, -0.25) is 4.79 Å². The molecule has 4 rings (SSSR count). The van der Waals surface area contributed by atoms with Crippen LogP contribution in [0.25, 0.3) is 11.0 Å². The van der Waals surface area contributed by atoms with E-state index in [2.05, 4.69) is 16.0 Å². The lowest BCUT2D eigenvalue weighted by molar-refractivity contribution is -0.118. The summed E-state index contributed by atoms with van der Waals surface area (Å²) in [6, 6.07) is 7.98. The van der Waals surface area contributed by atoms with Crippen LogP contribution in [0.4, 0.5) is 0 Å². The molecular weight excluding hydrogens is 290 g/mol. The van der Waals surface area contributed by atoms with E-state index < -0.39 is 0 Å². The first-order valence-corrected chi connectivity index (χ1v) is 7.66. The minimum atomic E-state index is 0.644. The third-order valence-corrected chi connectivity index (χ3v) is 4.33. The largest absolute Gasteiger partial charge is 0.457 e. The van der Waals surface area contributed by atoms with E-state index in [4.69, 9.17) is 4.74 Å². The van der Waals surface area contributed by atoms with Crippen LogP contribution in [0.5, 0.6) is 11.5 Å². The number of nitrogens with zero attached hydrogens (tertiary/aromatic N) is 2. The molecule has 1 aliphatic heterocycles. The highest BCUT2D eigenvalue weighted by atomic mass is 16.5. The number of ether oxygens (including phenoxy) is 1. The Morgan fingerprint density at radius 2 is 2.22 bits per heavy atom. The SMILES string of the molecule is Cc1c[nH]c2nccc(Oc3ccc4c(c3)CN(C=O)CC4)c12. The molecule has 0 bridgehead atoms. The zero-order chi connectivity index (χ0) is 15.8. The van der Waals surface area contributed by atoms with Gasteiger partial charge in [0.05, 0.1) is 5.39 Å². The number of aromatic amines is 1. The standard InChI is InChI=1S/C18H17N3O2/c1-12-9-20-18-17(12)16(4-6-19-18)23-15-3-2-13-5-7-21(11-22)10-14(13)8-15/h2-4,6,8-9,11H,5,7,10H2,1H3,(H,19,20). The summed E-state index contributed by atoms with van der Waals surface area (Å²) >= 11 is 0. The van der Waals surface area contributed by atoms with Gasteiger partial charge in [-0.15, -0.1) is 0 Å². The molecule has 0 spiro atoms. The summed E-state index contributed by atoms with van der Waals surface area (Å²) in [6.07, 6.45) is 5.47. The van der Waals surface area contributed by atoms with Gasteiger partial charge in [0.25, 0.3) is 0 Å². The van der Waals surface area contributed by atoms with Crippen LogP contribution in [0.2, 0.25) is 0 Å². The number of hydrogen-bond donors (Lipinski definition) is 1. The quantitative estimate of drug-likeness (QED) is 0.756. The van der Waals surface area contributed by atoms with Crippen molar-refractivity contribution in [3.63, 3.8) is 0 Å². The van der Waals surface area contributed by atoms with Crippen molar-refractivity contribution in [3.05, 3.63) is 53.3 Å². The molecule has 5 nitrogen and oxygen atoms in total. The Bertz CT molecular complexity index is 885. The highest BCUT2D eigenvalue weighted by molar-refractivity contribution is 5.86. The van der Waals surface area contributed by atoms with Gasteiger partial charge in [-0.25, -0.2) is 4.98 Å². The van der Waals surface area contributed by atoms with Gasteiger partial charge in [-0.2, -0.15) is 0 Å². The van der Waals surface area contributed by atoms with Crippen molar-refractivity contribution >= 4 is 17.4 Å². The summed E-state index contributed by atoms with van der Waals surface area (Å²) in [5.74, 6) is 1.57. The molecule has 116 valence electrons. The van der Waals surface area contributed by atoms with E-state index in [0.717, 1.165) is 53.0 Å². The normalized spacial score (nSPS) is 13.9. The van der Waals surface area contributed by atoms with Crippen LogP contribution >= 0.6 is 0 Å². The molecule has 3 heterocycles. The summed E-state index contributed by atoms with van der Waals surface area (Å²) < 4.78 is 6.10. The first-order valence-electron chi connectivity index (χ1n) is 7.66. The number of H-pyrrole nitrogens is 1. The lowest BCUT2D eigenvalue weighted by Crippen LogP contribution is -2.28. The maximum Gasteiger partial charge on any atom is 0.210 e. The maximum atomic E-state index is 11.0. The molecule has 0 aliphatic carbocycles. The van der Waals surface area contributed by atoms with E-state index in [1.165, 1.54) is 5.56 Å². The van der Waals surface area contributed by atoms with Crippen molar-refractivity contribution < 1.29 is 9.53 Å². The van der Waals surface area contributed by atoms with Gasteiger partial charge < -0.3 is 14.6 Å². The van der Waals surface area contributed by atoms with Crippen LogP contribution in [0, 0.1) is 6.92 Å². The fraction of sp³-hybridized carbons (Fsp3) is 0.222. The molecule has 1 aliphatic rings. The fourth-order valence-electron chi connectivity index (χ4n) is 3.10. The average Bonchev–Trinajstić information content (AvgIpc) is 2.96. The molecule has 0 unspecified atom stereocenters. The number of benzene rings is 1. The average molecular weight is 307 g/mol. The number of fused-ring (bicyclic) bond motifs is 2. The van der Waals surface area contributed by atoms with Crippen molar-refractivity contribution in [3.8, 4) is 11.5 Å². The zero-order valence-corrected chi connectivity index (χ0v) is 12.9. The second kappa shape index (κ2) is 5.43. The van der Waals surface area contributed by atoms with Crippen LogP contribution < -0.4 is 4.74 Å². The number of aryl methyl sites for hydroxylation is 1. The first kappa shape index (κ1) is 13.8. The van der Waals surface area contributed by atoms with E-state index in [9.17, 15) is 4.79 Å². The molecule has 2 aromatic heterocycles. The summed E-state index contributed by atoms with van der Waals surface area (Å²) in [6.45, 7) is 3.46. The van der Waals surface area contributed by atoms with Crippen LogP contribution in [-0.4, -0.2) is 27.8 Å². The number of carbonyl (C=O) groups is 1. The summed E-state index contributed by atoms with van der Waals surface area (Å²) in [4.78, 5) is 20.2. The van der Waals surface area contributed by atoms with Crippen molar-refractivity contribution in [2.24, 2.45) is 0 Å². The second-order valence-electron chi connectivity index (χ2n) is 5.86. The van der Waals surface area contributed by atoms with Crippen molar-refractivity contribution in [2.45, 2.75) is 19.9 Å². The highest BCUT2D eigenvalue weighted by Gasteiger charge is 2.16. The van der Waals surface area contributed by atoms with Gasteiger partial charge in [-0.1, -0.05) is 6.07 Å². The Kier molecular flexibility index (Phi) is 3.26. The van der Waals surface area contributed by atoms with Crippen LogP contribution in [-0.2, 0) is 17.8 Å². The number of pyridine rings is 1. The molecular formula is C18H17N3O2. The Labute approximate surface area is 133 Å². The van der Waals surface area contributed by atoms with Gasteiger partial charge in [0.15, 0.2) is 0 Å². The van der Waals surface area contributed by atoms with Crippen LogP contribution in [0.15, 0.2) is 36.7 Å². The predicted molar refractivity (Wildman–Crippen MR) is 87.5 cm³/mol. The molecule has 0 saturated heterocycles. The van der Waals surface area contributed by atoms with Gasteiger partial charge in [0, 0.05) is 25.5 Å². The molecule has 23 heavy (non-hydrogen) atoms. The van der Waals surface area contributed by atoms with Gasteiger partial charge >= 0.3 is 0 Å². The van der Waals surface area contributed by atoms with Crippen LogP contribution in [0.3, 0.4) is 0 Å². The van der Waals surface area contributed by atoms with Crippen LogP contribution in [0.1, 0.15) is 16.7 Å². The Morgan fingerprint density at radius 1 is 1.30 bits per heavy atom. The number of aromatic nitrogens is 2. The molecule has 1 N–H and O–H groups in total. The molecule has 0 radical (unpaired) electrons. The molecule has 0 atom stereocenters. The van der Waals surface area contributed by atoms with Gasteiger partial charge in [0.1, 0.15) is 17.1 Å².